The maximum atomic E-state index is 5.27. The van der Waals surface area contributed by atoms with E-state index < -0.39 is 0 Å². The lowest BCUT2D eigenvalue weighted by molar-refractivity contribution is 0.0336. The van der Waals surface area contributed by atoms with Gasteiger partial charge in [-0.15, -0.1) is 0 Å². The molecule has 0 amide bonds. The van der Waals surface area contributed by atoms with Crippen LogP contribution in [0.1, 0.15) is 5.69 Å². The molecule has 3 heteroatoms. The minimum Gasteiger partial charge on any atom is -0.379 e. The molecule has 1 aliphatic rings. The van der Waals surface area contributed by atoms with Crippen LogP contribution >= 0.6 is 0 Å². The molecule has 2 rings (SSSR count). The van der Waals surface area contributed by atoms with E-state index in [-0.39, 0.29) is 0 Å². The van der Waals surface area contributed by atoms with E-state index in [9.17, 15) is 0 Å². The molecule has 0 aliphatic carbocycles. The van der Waals surface area contributed by atoms with Crippen molar-refractivity contribution in [3.63, 3.8) is 0 Å². The van der Waals surface area contributed by atoms with Crippen LogP contribution in [0, 0.1) is 6.07 Å². The van der Waals surface area contributed by atoms with Crippen LogP contribution in [0.25, 0.3) is 0 Å². The highest BCUT2D eigenvalue weighted by molar-refractivity contribution is 5.01. The zero-order chi connectivity index (χ0) is 8.93. The van der Waals surface area contributed by atoms with Crippen LogP contribution in [0.5, 0.6) is 0 Å². The van der Waals surface area contributed by atoms with Crippen molar-refractivity contribution >= 4 is 0 Å². The molecule has 0 unspecified atom stereocenters. The van der Waals surface area contributed by atoms with Gasteiger partial charge in [0.05, 0.1) is 18.9 Å². The van der Waals surface area contributed by atoms with Gasteiger partial charge in [0.1, 0.15) is 0 Å². The molecule has 2 heterocycles. The van der Waals surface area contributed by atoms with E-state index >= 15 is 0 Å². The lowest BCUT2D eigenvalue weighted by Crippen LogP contribution is -2.35. The summed E-state index contributed by atoms with van der Waals surface area (Å²) in [6, 6.07) is 6.79. The van der Waals surface area contributed by atoms with E-state index in [1.807, 2.05) is 12.1 Å². The van der Waals surface area contributed by atoms with Gasteiger partial charge in [-0.1, -0.05) is 0 Å². The lowest BCUT2D eigenvalue weighted by atomic mass is 10.3. The second kappa shape index (κ2) is 4.35. The van der Waals surface area contributed by atoms with Crippen LogP contribution in [0.2, 0.25) is 0 Å². The van der Waals surface area contributed by atoms with Crippen LogP contribution in [0.15, 0.2) is 18.3 Å². The van der Waals surface area contributed by atoms with Crippen molar-refractivity contribution in [1.29, 1.82) is 0 Å². The highest BCUT2D eigenvalue weighted by atomic mass is 16.5. The molecule has 0 bridgehead atoms. The molecular weight excluding hydrogens is 164 g/mol. The van der Waals surface area contributed by atoms with Gasteiger partial charge in [-0.2, -0.15) is 0 Å². The minimum atomic E-state index is 0.844. The number of rotatable bonds is 2. The number of ether oxygens (including phenoxy) is 1. The maximum Gasteiger partial charge on any atom is 0.0594 e. The van der Waals surface area contributed by atoms with Crippen LogP contribution in [-0.2, 0) is 11.3 Å². The highest BCUT2D eigenvalue weighted by Gasteiger charge is 2.10. The number of hydrogen-bond donors (Lipinski definition) is 0. The van der Waals surface area contributed by atoms with Crippen molar-refractivity contribution in [2.24, 2.45) is 0 Å². The van der Waals surface area contributed by atoms with Crippen molar-refractivity contribution in [2.75, 3.05) is 26.3 Å². The van der Waals surface area contributed by atoms with Gasteiger partial charge >= 0.3 is 0 Å². The van der Waals surface area contributed by atoms with E-state index in [0.717, 1.165) is 38.5 Å². The molecule has 3 nitrogen and oxygen atoms in total. The summed E-state index contributed by atoms with van der Waals surface area (Å²) in [7, 11) is 0. The average molecular weight is 177 g/mol. The predicted octanol–water partition coefficient (Wildman–Crippen LogP) is 0.714. The summed E-state index contributed by atoms with van der Waals surface area (Å²) in [5.41, 5.74) is 1.09. The standard InChI is InChI=1S/C10H13N2O/c1-2-4-11-10(3-1)9-12-5-7-13-8-6-12/h2-4H,5-9H2. The molecule has 69 valence electrons. The average Bonchev–Trinajstić information content (AvgIpc) is 2.21. The summed E-state index contributed by atoms with van der Waals surface area (Å²) in [4.78, 5) is 6.61. The summed E-state index contributed by atoms with van der Waals surface area (Å²) in [5.74, 6) is 0. The fourth-order valence-electron chi connectivity index (χ4n) is 1.43. The summed E-state index contributed by atoms with van der Waals surface area (Å²) in [6.45, 7) is 4.63. The topological polar surface area (TPSA) is 25.4 Å². The first-order valence-electron chi connectivity index (χ1n) is 4.56. The van der Waals surface area contributed by atoms with Gasteiger partial charge in [-0.3, -0.25) is 9.88 Å². The normalized spacial score (nSPS) is 18.8. The fraction of sp³-hybridized carbons (Fsp3) is 0.500. The molecule has 1 aliphatic heterocycles. The zero-order valence-corrected chi connectivity index (χ0v) is 7.57. The van der Waals surface area contributed by atoms with Gasteiger partial charge < -0.3 is 4.74 Å². The second-order valence-corrected chi connectivity index (χ2v) is 3.14. The molecule has 13 heavy (non-hydrogen) atoms. The van der Waals surface area contributed by atoms with Gasteiger partial charge in [-0.05, 0) is 18.2 Å². The Labute approximate surface area is 78.3 Å². The Morgan fingerprint density at radius 3 is 3.00 bits per heavy atom. The van der Waals surface area contributed by atoms with Crippen molar-refractivity contribution in [3.05, 3.63) is 30.1 Å². The molecule has 0 saturated carbocycles. The van der Waals surface area contributed by atoms with Gasteiger partial charge in [0.25, 0.3) is 0 Å². The number of hydrogen-bond acceptors (Lipinski definition) is 3. The van der Waals surface area contributed by atoms with Crippen LogP contribution < -0.4 is 0 Å². The Balaban J connectivity index is 1.90. The SMILES string of the molecule is [c]1ccnc(CN2CCOCC2)c1. The van der Waals surface area contributed by atoms with E-state index in [4.69, 9.17) is 4.74 Å². The molecule has 0 spiro atoms. The van der Waals surface area contributed by atoms with Crippen molar-refractivity contribution in [2.45, 2.75) is 6.54 Å². The Morgan fingerprint density at radius 2 is 2.31 bits per heavy atom. The Kier molecular flexibility index (Phi) is 2.90. The molecule has 1 aromatic rings. The zero-order valence-electron chi connectivity index (χ0n) is 7.57. The van der Waals surface area contributed by atoms with Crippen LogP contribution in [0.3, 0.4) is 0 Å². The quantitative estimate of drug-likeness (QED) is 0.665. The first-order valence-corrected chi connectivity index (χ1v) is 4.56. The number of morpholine rings is 1. The largest absolute Gasteiger partial charge is 0.379 e. The molecular formula is C10H13N2O. The molecule has 1 saturated heterocycles. The fourth-order valence-corrected chi connectivity index (χ4v) is 1.43. The monoisotopic (exact) mass is 177 g/mol. The van der Waals surface area contributed by atoms with E-state index in [2.05, 4.69) is 16.0 Å². The highest BCUT2D eigenvalue weighted by Crippen LogP contribution is 2.03. The van der Waals surface area contributed by atoms with Crippen molar-refractivity contribution < 1.29 is 4.74 Å². The first-order chi connectivity index (χ1) is 6.45. The third-order valence-electron chi connectivity index (χ3n) is 2.15. The molecule has 0 atom stereocenters. The predicted molar refractivity (Wildman–Crippen MR) is 49.2 cm³/mol. The molecule has 1 aromatic heterocycles. The molecule has 1 fully saturated rings. The van der Waals surface area contributed by atoms with Gasteiger partial charge in [-0.25, -0.2) is 0 Å². The first kappa shape index (κ1) is 8.66. The van der Waals surface area contributed by atoms with Crippen molar-refractivity contribution in [1.82, 2.24) is 9.88 Å². The Morgan fingerprint density at radius 1 is 1.46 bits per heavy atom. The van der Waals surface area contributed by atoms with Gasteiger partial charge in [0, 0.05) is 25.8 Å². The Bertz CT molecular complexity index is 244. The summed E-state index contributed by atoms with van der Waals surface area (Å²) in [5, 5.41) is 0. The number of nitrogens with zero attached hydrogens (tertiary/aromatic N) is 2. The van der Waals surface area contributed by atoms with Gasteiger partial charge in [0.2, 0.25) is 0 Å². The van der Waals surface area contributed by atoms with E-state index in [0.29, 0.717) is 0 Å². The summed E-state index contributed by atoms with van der Waals surface area (Å²) < 4.78 is 5.27. The third-order valence-corrected chi connectivity index (χ3v) is 2.15. The van der Waals surface area contributed by atoms with Crippen LogP contribution in [0.4, 0.5) is 0 Å². The smallest absolute Gasteiger partial charge is 0.0594 e. The minimum absolute atomic E-state index is 0.844. The summed E-state index contributed by atoms with van der Waals surface area (Å²) in [6.07, 6.45) is 1.79. The maximum absolute atomic E-state index is 5.27. The number of pyridine rings is 1. The van der Waals surface area contributed by atoms with Gasteiger partial charge in [0.15, 0.2) is 0 Å². The van der Waals surface area contributed by atoms with E-state index in [1.54, 1.807) is 6.20 Å². The lowest BCUT2D eigenvalue weighted by Gasteiger charge is -2.25. The second-order valence-electron chi connectivity index (χ2n) is 3.14. The Hall–Kier alpha value is -0.930. The molecule has 0 aromatic carbocycles. The van der Waals surface area contributed by atoms with E-state index in [1.165, 1.54) is 0 Å². The molecule has 0 N–H and O–H groups in total. The number of aromatic nitrogens is 1. The third kappa shape index (κ3) is 2.50. The summed E-state index contributed by atoms with van der Waals surface area (Å²) >= 11 is 0. The molecule has 1 radical (unpaired) electrons. The van der Waals surface area contributed by atoms with Crippen LogP contribution in [-0.4, -0.2) is 36.2 Å². The van der Waals surface area contributed by atoms with Crippen molar-refractivity contribution in [3.8, 4) is 0 Å².